The van der Waals surface area contributed by atoms with E-state index in [4.69, 9.17) is 9.29 Å². The van der Waals surface area contributed by atoms with Crippen LogP contribution in [0, 0.1) is 12.3 Å². The lowest BCUT2D eigenvalue weighted by molar-refractivity contribution is -0.137. The van der Waals surface area contributed by atoms with E-state index in [9.17, 15) is 31.2 Å². The van der Waals surface area contributed by atoms with Crippen LogP contribution in [-0.2, 0) is 21.1 Å². The third-order valence-corrected chi connectivity index (χ3v) is 9.08. The minimum absolute atomic E-state index is 0.00154. The van der Waals surface area contributed by atoms with Gasteiger partial charge in [0.25, 0.3) is 10.1 Å². The van der Waals surface area contributed by atoms with Crippen molar-refractivity contribution in [2.24, 2.45) is 5.41 Å². The van der Waals surface area contributed by atoms with Crippen LogP contribution in [0.3, 0.4) is 0 Å². The van der Waals surface area contributed by atoms with Crippen molar-refractivity contribution in [1.82, 2.24) is 0 Å². The van der Waals surface area contributed by atoms with Gasteiger partial charge >= 0.3 is 6.18 Å². The number of halogens is 3. The summed E-state index contributed by atoms with van der Waals surface area (Å²) in [6, 6.07) is 24.7. The van der Waals surface area contributed by atoms with Gasteiger partial charge in [0, 0.05) is 17.7 Å². The van der Waals surface area contributed by atoms with Crippen molar-refractivity contribution < 1.29 is 40.5 Å². The molecule has 0 bridgehead atoms. The number of ether oxygens (including phenoxy) is 1. The van der Waals surface area contributed by atoms with Crippen molar-refractivity contribution in [2.45, 2.75) is 65.5 Å². The molecule has 0 fully saturated rings. The fourth-order valence-electron chi connectivity index (χ4n) is 5.58. The standard InChI is InChI=1S/C39H42F3NO6S/c1-25-23-31(39(40,41)42)16-21-34(25)28-12-17-32(18-13-28)43-37(45)36(30-14-19-33(20-15-30)49-24-38(3,4)5)26(2)27-8-10-29(11-9-27)35(44)7-6-22-50(46,47)48/h8-21,23,26,36H,6-7,22,24H2,1-5H3,(H,43,45)(H,46,47,48). The average molecular weight is 710 g/mol. The quantitative estimate of drug-likeness (QED) is 0.106. The Hall–Kier alpha value is -4.48. The molecule has 0 aliphatic rings. The van der Waals surface area contributed by atoms with Crippen LogP contribution in [0.5, 0.6) is 5.75 Å². The van der Waals surface area contributed by atoms with Crippen molar-refractivity contribution in [3.63, 3.8) is 0 Å². The van der Waals surface area contributed by atoms with E-state index in [1.807, 2.05) is 31.2 Å². The Kier molecular flexibility index (Phi) is 12.0. The predicted octanol–water partition coefficient (Wildman–Crippen LogP) is 9.48. The zero-order chi connectivity index (χ0) is 36.9. The molecule has 0 aliphatic heterocycles. The average Bonchev–Trinajstić information content (AvgIpc) is 3.03. The van der Waals surface area contributed by atoms with Crippen LogP contribution < -0.4 is 10.1 Å². The highest BCUT2D eigenvalue weighted by Gasteiger charge is 2.31. The first-order valence-electron chi connectivity index (χ1n) is 16.2. The molecular formula is C39H42F3NO6S. The van der Waals surface area contributed by atoms with Gasteiger partial charge in [-0.3, -0.25) is 14.1 Å². The van der Waals surface area contributed by atoms with Crippen molar-refractivity contribution in [3.8, 4) is 16.9 Å². The van der Waals surface area contributed by atoms with E-state index < -0.39 is 33.5 Å². The SMILES string of the molecule is Cc1cc(C(F)(F)F)ccc1-c1ccc(NC(=O)C(c2ccc(OCC(C)(C)C)cc2)C(C)c2ccc(C(=O)CCCS(=O)(=O)O)cc2)cc1. The number of carbonyl (C=O) groups is 2. The summed E-state index contributed by atoms with van der Waals surface area (Å²) in [6.45, 7) is 10.2. The molecule has 0 spiro atoms. The molecule has 0 aliphatic carbocycles. The maximum Gasteiger partial charge on any atom is 0.416 e. The highest BCUT2D eigenvalue weighted by atomic mass is 32.2. The number of aryl methyl sites for hydroxylation is 1. The second kappa shape index (κ2) is 15.6. The molecule has 0 saturated heterocycles. The number of benzene rings is 4. The van der Waals surface area contributed by atoms with E-state index >= 15 is 0 Å². The summed E-state index contributed by atoms with van der Waals surface area (Å²) in [5, 5.41) is 3.00. The van der Waals surface area contributed by atoms with Gasteiger partial charge in [-0.1, -0.05) is 82.3 Å². The summed E-state index contributed by atoms with van der Waals surface area (Å²) < 4.78 is 76.4. The Bertz CT molecular complexity index is 1900. The Morgan fingerprint density at radius 1 is 0.860 bits per heavy atom. The molecule has 266 valence electrons. The van der Waals surface area contributed by atoms with E-state index in [0.29, 0.717) is 40.3 Å². The molecule has 0 aromatic heterocycles. The van der Waals surface area contributed by atoms with Gasteiger partial charge in [0.1, 0.15) is 5.75 Å². The van der Waals surface area contributed by atoms with Crippen LogP contribution in [0.4, 0.5) is 18.9 Å². The molecule has 4 aromatic carbocycles. The predicted molar refractivity (Wildman–Crippen MR) is 189 cm³/mol. The van der Waals surface area contributed by atoms with Crippen LogP contribution in [0.2, 0.25) is 0 Å². The lowest BCUT2D eigenvalue weighted by Gasteiger charge is -2.25. The largest absolute Gasteiger partial charge is 0.493 e. The van der Waals surface area contributed by atoms with Gasteiger partial charge in [-0.2, -0.15) is 21.6 Å². The zero-order valence-electron chi connectivity index (χ0n) is 28.7. The number of anilines is 1. The maximum atomic E-state index is 14.0. The van der Waals surface area contributed by atoms with Crippen LogP contribution >= 0.6 is 0 Å². The van der Waals surface area contributed by atoms with Gasteiger partial charge in [0.15, 0.2) is 5.78 Å². The summed E-state index contributed by atoms with van der Waals surface area (Å²) in [7, 11) is -4.15. The van der Waals surface area contributed by atoms with Gasteiger partial charge < -0.3 is 10.1 Å². The zero-order valence-corrected chi connectivity index (χ0v) is 29.5. The van der Waals surface area contributed by atoms with E-state index in [2.05, 4.69) is 26.1 Å². The number of amides is 1. The number of alkyl halides is 3. The van der Waals surface area contributed by atoms with Gasteiger partial charge in [0.2, 0.25) is 5.91 Å². The second-order valence-electron chi connectivity index (χ2n) is 13.7. The molecule has 4 aromatic rings. The number of hydrogen-bond acceptors (Lipinski definition) is 5. The summed E-state index contributed by atoms with van der Waals surface area (Å²) in [6.07, 6.45) is -4.47. The number of carbonyl (C=O) groups excluding carboxylic acids is 2. The molecule has 11 heteroatoms. The number of hydrogen-bond donors (Lipinski definition) is 2. The Balaban J connectivity index is 1.57. The summed E-state index contributed by atoms with van der Waals surface area (Å²) >= 11 is 0. The van der Waals surface area contributed by atoms with Crippen molar-refractivity contribution in [2.75, 3.05) is 17.7 Å². The Labute approximate surface area is 291 Å². The van der Waals surface area contributed by atoms with E-state index in [-0.39, 0.29) is 35.9 Å². The van der Waals surface area contributed by atoms with E-state index in [1.165, 1.54) is 6.07 Å². The summed E-state index contributed by atoms with van der Waals surface area (Å²) in [4.78, 5) is 26.6. The molecule has 50 heavy (non-hydrogen) atoms. The van der Waals surface area contributed by atoms with E-state index in [1.54, 1.807) is 55.5 Å². The molecular weight excluding hydrogens is 667 g/mol. The van der Waals surface area contributed by atoms with Crippen LogP contribution in [0.15, 0.2) is 91.0 Å². The molecule has 2 N–H and O–H groups in total. The minimum atomic E-state index is -4.43. The fourth-order valence-corrected chi connectivity index (χ4v) is 6.09. The lowest BCUT2D eigenvalue weighted by Crippen LogP contribution is -2.25. The van der Waals surface area contributed by atoms with Gasteiger partial charge in [-0.05, 0) is 88.9 Å². The number of rotatable bonds is 13. The first kappa shape index (κ1) is 38.3. The van der Waals surface area contributed by atoms with E-state index in [0.717, 1.165) is 23.3 Å². The number of Topliss-reactive ketones (excluding diaryl/α,β-unsaturated/α-hetero) is 1. The molecule has 2 unspecified atom stereocenters. The van der Waals surface area contributed by atoms with Crippen LogP contribution in [-0.4, -0.2) is 37.0 Å². The molecule has 0 heterocycles. The maximum absolute atomic E-state index is 14.0. The van der Waals surface area contributed by atoms with Gasteiger partial charge in [-0.25, -0.2) is 0 Å². The molecule has 0 saturated carbocycles. The van der Waals surface area contributed by atoms with Crippen LogP contribution in [0.25, 0.3) is 11.1 Å². The minimum Gasteiger partial charge on any atom is -0.493 e. The number of nitrogens with one attached hydrogen (secondary N) is 1. The molecule has 0 radical (unpaired) electrons. The normalized spacial score (nSPS) is 13.4. The van der Waals surface area contributed by atoms with Crippen molar-refractivity contribution in [3.05, 3.63) is 119 Å². The molecule has 7 nitrogen and oxygen atoms in total. The van der Waals surface area contributed by atoms with Gasteiger partial charge in [-0.15, -0.1) is 0 Å². The first-order chi connectivity index (χ1) is 23.3. The first-order valence-corrected chi connectivity index (χ1v) is 17.8. The Morgan fingerprint density at radius 2 is 1.46 bits per heavy atom. The van der Waals surface area contributed by atoms with Crippen molar-refractivity contribution in [1.29, 1.82) is 0 Å². The fraction of sp³-hybridized carbons (Fsp3) is 0.333. The topological polar surface area (TPSA) is 110 Å². The van der Waals surface area contributed by atoms with Crippen molar-refractivity contribution >= 4 is 27.5 Å². The lowest BCUT2D eigenvalue weighted by atomic mass is 9.81. The second-order valence-corrected chi connectivity index (χ2v) is 15.3. The van der Waals surface area contributed by atoms with Gasteiger partial charge in [0.05, 0.1) is 23.8 Å². The molecule has 4 rings (SSSR count). The smallest absolute Gasteiger partial charge is 0.416 e. The third-order valence-electron chi connectivity index (χ3n) is 8.28. The third kappa shape index (κ3) is 10.8. The van der Waals surface area contributed by atoms with Crippen LogP contribution in [0.1, 0.15) is 85.0 Å². The number of ketones is 1. The monoisotopic (exact) mass is 709 g/mol. The molecule has 1 amide bonds. The summed E-state index contributed by atoms with van der Waals surface area (Å²) in [5.41, 5.74) is 3.51. The Morgan fingerprint density at radius 3 is 2.00 bits per heavy atom. The highest BCUT2D eigenvalue weighted by Crippen LogP contribution is 2.36. The highest BCUT2D eigenvalue weighted by molar-refractivity contribution is 7.85. The molecule has 2 atom stereocenters. The summed E-state index contributed by atoms with van der Waals surface area (Å²) in [5.74, 6) is -1.40.